The van der Waals surface area contributed by atoms with E-state index in [1.54, 1.807) is 0 Å². The van der Waals surface area contributed by atoms with Gasteiger partial charge in [0.05, 0.1) is 11.3 Å². The molecule has 9 heteroatoms. The third-order valence-corrected chi connectivity index (χ3v) is 4.02. The largest absolute Gasteiger partial charge is 0.416 e. The van der Waals surface area contributed by atoms with E-state index in [1.165, 1.54) is 36.4 Å². The number of nitrogens with zero attached hydrogens (tertiary/aromatic N) is 1. The van der Waals surface area contributed by atoms with Gasteiger partial charge in [-0.05, 0) is 35.4 Å². The van der Waals surface area contributed by atoms with Crippen molar-refractivity contribution in [3.8, 4) is 11.3 Å². The molecule has 0 bridgehead atoms. The molecule has 5 nitrogen and oxygen atoms in total. The summed E-state index contributed by atoms with van der Waals surface area (Å²) >= 11 is 0. The maximum absolute atomic E-state index is 13.1. The number of H-pyrrole nitrogens is 1. The molecule has 0 saturated carbocycles. The number of nitrogen functional groups attached to an aromatic ring is 1. The van der Waals surface area contributed by atoms with E-state index < -0.39 is 29.1 Å². The van der Waals surface area contributed by atoms with E-state index in [-0.39, 0.29) is 17.7 Å². The van der Waals surface area contributed by atoms with Gasteiger partial charge in [-0.3, -0.25) is 15.3 Å². The zero-order chi connectivity index (χ0) is 19.8. The lowest BCUT2D eigenvalue weighted by Gasteiger charge is -2.08. The average Bonchev–Trinajstić information content (AvgIpc) is 2.93. The van der Waals surface area contributed by atoms with Crippen LogP contribution in [0.1, 0.15) is 16.7 Å². The van der Waals surface area contributed by atoms with Crippen LogP contribution in [0.3, 0.4) is 0 Å². The molecule has 0 unspecified atom stereocenters. The van der Waals surface area contributed by atoms with Gasteiger partial charge >= 0.3 is 6.18 Å². The van der Waals surface area contributed by atoms with Crippen LogP contribution >= 0.6 is 0 Å². The summed E-state index contributed by atoms with van der Waals surface area (Å²) in [6.07, 6.45) is -4.39. The Morgan fingerprint density at radius 2 is 1.67 bits per heavy atom. The number of hydrogen-bond acceptors (Lipinski definition) is 2. The van der Waals surface area contributed by atoms with Crippen LogP contribution in [0, 0.1) is 11.2 Å². The fraction of sp³-hybridized carbons (Fsp3) is 0.111. The van der Waals surface area contributed by atoms with Crippen LogP contribution in [0.5, 0.6) is 0 Å². The molecule has 3 rings (SSSR count). The van der Waals surface area contributed by atoms with Gasteiger partial charge in [-0.1, -0.05) is 24.3 Å². The van der Waals surface area contributed by atoms with Crippen molar-refractivity contribution in [1.29, 1.82) is 5.41 Å². The van der Waals surface area contributed by atoms with Crippen molar-refractivity contribution in [3.05, 3.63) is 81.4 Å². The van der Waals surface area contributed by atoms with E-state index in [2.05, 4.69) is 5.10 Å². The third-order valence-electron chi connectivity index (χ3n) is 4.02. The summed E-state index contributed by atoms with van der Waals surface area (Å²) in [4.78, 5) is 12.6. The highest BCUT2D eigenvalue weighted by Gasteiger charge is 2.30. The first-order valence-corrected chi connectivity index (χ1v) is 7.77. The van der Waals surface area contributed by atoms with Gasteiger partial charge in [-0.25, -0.2) is 4.39 Å². The summed E-state index contributed by atoms with van der Waals surface area (Å²) in [6.45, 7) is 0. The summed E-state index contributed by atoms with van der Waals surface area (Å²) in [6, 6.07) is 9.74. The molecule has 3 aromatic rings. The monoisotopic (exact) mass is 378 g/mol. The summed E-state index contributed by atoms with van der Waals surface area (Å²) < 4.78 is 52.2. The van der Waals surface area contributed by atoms with Gasteiger partial charge in [-0.15, -0.1) is 0 Å². The normalized spacial score (nSPS) is 11.6. The van der Waals surface area contributed by atoms with Crippen LogP contribution < -0.4 is 11.3 Å². The smallest absolute Gasteiger partial charge is 0.368 e. The Morgan fingerprint density at radius 3 is 2.19 bits per heavy atom. The van der Waals surface area contributed by atoms with Crippen molar-refractivity contribution in [3.63, 3.8) is 0 Å². The number of benzene rings is 2. The number of rotatable bonds is 3. The standard InChI is InChI=1S/C18H14F4N4O/c19-13-7-1-10(2-8-13)9-14-15(25-26(16(14)27)17(23)24)11-3-5-12(6-4-11)18(20,21)22/h1-8,25H,9H2,(H3,23,24). The molecule has 0 radical (unpaired) electrons. The van der Waals surface area contributed by atoms with E-state index in [0.29, 0.717) is 11.1 Å². The minimum atomic E-state index is -4.48. The molecule has 4 N–H and O–H groups in total. The first kappa shape index (κ1) is 18.4. The van der Waals surface area contributed by atoms with Crippen molar-refractivity contribution < 1.29 is 17.6 Å². The summed E-state index contributed by atoms with van der Waals surface area (Å²) in [5.41, 5.74) is 5.37. The second-order valence-corrected chi connectivity index (χ2v) is 5.87. The van der Waals surface area contributed by atoms with Gasteiger partial charge in [0.25, 0.3) is 5.56 Å². The Bertz CT molecular complexity index is 1030. The Kier molecular flexibility index (Phi) is 4.61. The number of halogens is 4. The zero-order valence-electron chi connectivity index (χ0n) is 13.8. The second kappa shape index (κ2) is 6.75. The van der Waals surface area contributed by atoms with Crippen molar-refractivity contribution in [1.82, 2.24) is 9.78 Å². The number of aromatic nitrogens is 2. The van der Waals surface area contributed by atoms with Crippen molar-refractivity contribution in [2.45, 2.75) is 12.6 Å². The van der Waals surface area contributed by atoms with Crippen molar-refractivity contribution >= 4 is 5.96 Å². The van der Waals surface area contributed by atoms with Gasteiger partial charge in [0.1, 0.15) is 5.82 Å². The molecule has 1 aromatic heterocycles. The molecular weight excluding hydrogens is 364 g/mol. The number of nitrogens with two attached hydrogens (primary N) is 1. The topological polar surface area (TPSA) is 87.7 Å². The molecule has 0 atom stereocenters. The van der Waals surface area contributed by atoms with Crippen molar-refractivity contribution in [2.75, 3.05) is 0 Å². The van der Waals surface area contributed by atoms with E-state index in [0.717, 1.165) is 16.8 Å². The summed E-state index contributed by atoms with van der Waals surface area (Å²) in [5.74, 6) is -0.990. The van der Waals surface area contributed by atoms with E-state index in [1.807, 2.05) is 0 Å². The maximum Gasteiger partial charge on any atom is 0.416 e. The molecular formula is C18H14F4N4O. The van der Waals surface area contributed by atoms with Gasteiger partial charge < -0.3 is 5.73 Å². The molecule has 0 saturated heterocycles. The van der Waals surface area contributed by atoms with Gasteiger partial charge in [0, 0.05) is 12.0 Å². The van der Waals surface area contributed by atoms with Crippen LogP contribution in [-0.4, -0.2) is 15.7 Å². The Balaban J connectivity index is 2.08. The van der Waals surface area contributed by atoms with Crippen LogP contribution in [0.4, 0.5) is 17.6 Å². The van der Waals surface area contributed by atoms with Crippen LogP contribution in [0.2, 0.25) is 0 Å². The van der Waals surface area contributed by atoms with Gasteiger partial charge in [0.2, 0.25) is 5.96 Å². The van der Waals surface area contributed by atoms with Gasteiger partial charge in [0.15, 0.2) is 0 Å². The Morgan fingerprint density at radius 1 is 1.07 bits per heavy atom. The lowest BCUT2D eigenvalue weighted by molar-refractivity contribution is -0.137. The molecule has 0 amide bonds. The SMILES string of the molecule is N=C(N)n1[nH]c(-c2ccc(C(F)(F)F)cc2)c(Cc2ccc(F)cc2)c1=O. The fourth-order valence-electron chi connectivity index (χ4n) is 2.68. The highest BCUT2D eigenvalue weighted by Crippen LogP contribution is 2.31. The zero-order valence-corrected chi connectivity index (χ0v) is 13.8. The van der Waals surface area contributed by atoms with Gasteiger partial charge in [-0.2, -0.15) is 17.9 Å². The quantitative estimate of drug-likeness (QED) is 0.371. The first-order valence-electron chi connectivity index (χ1n) is 7.77. The lowest BCUT2D eigenvalue weighted by atomic mass is 10.0. The first-order chi connectivity index (χ1) is 12.7. The van der Waals surface area contributed by atoms with E-state index in [9.17, 15) is 22.4 Å². The highest BCUT2D eigenvalue weighted by atomic mass is 19.4. The number of aromatic amines is 1. The predicted octanol–water partition coefficient (Wildman–Crippen LogP) is 3.33. The molecule has 0 aliphatic rings. The minimum Gasteiger partial charge on any atom is -0.368 e. The van der Waals surface area contributed by atoms with E-state index in [4.69, 9.17) is 11.1 Å². The average molecular weight is 378 g/mol. The van der Waals surface area contributed by atoms with Crippen LogP contribution in [-0.2, 0) is 12.6 Å². The highest BCUT2D eigenvalue weighted by molar-refractivity contribution is 5.78. The molecule has 140 valence electrons. The molecule has 1 heterocycles. The summed E-state index contributed by atoms with van der Waals surface area (Å²) in [5, 5.41) is 10.1. The third kappa shape index (κ3) is 3.76. The number of hydrogen-bond donors (Lipinski definition) is 3. The van der Waals surface area contributed by atoms with Crippen LogP contribution in [0.15, 0.2) is 53.3 Å². The number of alkyl halides is 3. The molecule has 27 heavy (non-hydrogen) atoms. The predicted molar refractivity (Wildman–Crippen MR) is 92.0 cm³/mol. The fourth-order valence-corrected chi connectivity index (χ4v) is 2.68. The molecule has 2 aromatic carbocycles. The van der Waals surface area contributed by atoms with Crippen molar-refractivity contribution in [2.24, 2.45) is 5.73 Å². The maximum atomic E-state index is 13.1. The Hall–Kier alpha value is -3.36. The molecule has 0 aliphatic heterocycles. The molecule has 0 fully saturated rings. The second-order valence-electron chi connectivity index (χ2n) is 5.87. The Labute approximate surface area is 150 Å². The van der Waals surface area contributed by atoms with Crippen LogP contribution in [0.25, 0.3) is 11.3 Å². The minimum absolute atomic E-state index is 0.0895. The number of nitrogens with one attached hydrogen (secondary N) is 2. The molecule has 0 aliphatic carbocycles. The molecule has 0 spiro atoms. The van der Waals surface area contributed by atoms with E-state index >= 15 is 0 Å². The lowest BCUT2D eigenvalue weighted by Crippen LogP contribution is -2.31. The summed E-state index contributed by atoms with van der Waals surface area (Å²) in [7, 11) is 0.